The summed E-state index contributed by atoms with van der Waals surface area (Å²) < 4.78 is 8.26. The Balaban J connectivity index is 1.42. The lowest BCUT2D eigenvalue weighted by molar-refractivity contribution is -0.0248. The normalized spacial score (nSPS) is 22.3. The molecule has 1 fully saturated rings. The molecule has 1 spiro atoms. The minimum Gasteiger partial charge on any atom is -0.346 e. The van der Waals surface area contributed by atoms with Crippen molar-refractivity contribution in [1.29, 1.82) is 0 Å². The van der Waals surface area contributed by atoms with Gasteiger partial charge in [0.05, 0.1) is 23.2 Å². The van der Waals surface area contributed by atoms with Crippen molar-refractivity contribution in [1.82, 2.24) is 24.5 Å². The third-order valence-corrected chi connectivity index (χ3v) is 8.60. The maximum atomic E-state index is 14.4. The van der Waals surface area contributed by atoms with E-state index in [0.717, 1.165) is 5.56 Å². The SMILES string of the molecule is O=C1c2cnc3ncnn3c2[C@H]2OC3(C(=O)c4ccccc4C3=O)[C@H](c3cccc(Cl)c3)[C@@H]2N1Cc1ccccc1. The number of halogens is 1. The lowest BCUT2D eigenvalue weighted by Gasteiger charge is -2.40. The van der Waals surface area contributed by atoms with Gasteiger partial charge in [-0.2, -0.15) is 14.6 Å². The van der Waals surface area contributed by atoms with E-state index < -0.39 is 35.2 Å². The van der Waals surface area contributed by atoms with Gasteiger partial charge >= 0.3 is 0 Å². The van der Waals surface area contributed by atoms with Crippen LogP contribution in [-0.2, 0) is 11.3 Å². The summed E-state index contributed by atoms with van der Waals surface area (Å²) in [6.07, 6.45) is 1.91. The van der Waals surface area contributed by atoms with E-state index in [2.05, 4.69) is 15.1 Å². The van der Waals surface area contributed by atoms with E-state index in [1.165, 1.54) is 17.0 Å². The molecule has 0 unspecified atom stereocenters. The first-order valence-electron chi connectivity index (χ1n) is 13.1. The van der Waals surface area contributed by atoms with Gasteiger partial charge in [-0.3, -0.25) is 14.4 Å². The number of rotatable bonds is 3. The van der Waals surface area contributed by atoms with Crippen LogP contribution in [0.3, 0.4) is 0 Å². The molecule has 5 aromatic rings. The van der Waals surface area contributed by atoms with Gasteiger partial charge in [-0.15, -0.1) is 0 Å². The average molecular weight is 562 g/mol. The third-order valence-electron chi connectivity index (χ3n) is 8.36. The molecule has 9 nitrogen and oxygen atoms in total. The van der Waals surface area contributed by atoms with E-state index in [1.54, 1.807) is 47.4 Å². The summed E-state index contributed by atoms with van der Waals surface area (Å²) in [5.74, 6) is -1.77. The Kier molecular flexibility index (Phi) is 5.07. The topological polar surface area (TPSA) is 107 Å². The molecule has 0 bridgehead atoms. The van der Waals surface area contributed by atoms with Crippen molar-refractivity contribution in [3.63, 3.8) is 0 Å². The Morgan fingerprint density at radius 2 is 1.59 bits per heavy atom. The highest BCUT2D eigenvalue weighted by Crippen LogP contribution is 2.58. The summed E-state index contributed by atoms with van der Waals surface area (Å²) >= 11 is 6.47. The summed E-state index contributed by atoms with van der Waals surface area (Å²) in [5, 5.41) is 4.78. The zero-order chi connectivity index (χ0) is 27.9. The molecule has 1 aliphatic carbocycles. The smallest absolute Gasteiger partial charge is 0.258 e. The summed E-state index contributed by atoms with van der Waals surface area (Å²) in [4.78, 5) is 53.3. The van der Waals surface area contributed by atoms with Crippen LogP contribution in [0.2, 0.25) is 5.02 Å². The van der Waals surface area contributed by atoms with Gasteiger partial charge in [0.1, 0.15) is 12.4 Å². The lowest BCUT2D eigenvalue weighted by atomic mass is 9.73. The minimum absolute atomic E-state index is 0.224. The van der Waals surface area contributed by atoms with Gasteiger partial charge in [-0.05, 0) is 23.3 Å². The Morgan fingerprint density at radius 1 is 0.854 bits per heavy atom. The molecule has 2 aromatic heterocycles. The fraction of sp³-hybridized carbons (Fsp3) is 0.161. The number of hydrogen-bond acceptors (Lipinski definition) is 7. The van der Waals surface area contributed by atoms with Crippen LogP contribution < -0.4 is 0 Å². The molecule has 0 radical (unpaired) electrons. The molecular formula is C31H20ClN5O4. The number of Topliss-reactive ketones (excluding diaryl/α,β-unsaturated/α-hetero) is 2. The Labute approximate surface area is 238 Å². The number of ketones is 2. The number of carbonyl (C=O) groups is 3. The van der Waals surface area contributed by atoms with E-state index in [1.807, 2.05) is 36.4 Å². The lowest BCUT2D eigenvalue weighted by Crippen LogP contribution is -2.52. The zero-order valence-electron chi connectivity index (χ0n) is 21.3. The first-order valence-corrected chi connectivity index (χ1v) is 13.5. The molecule has 3 aliphatic rings. The first kappa shape index (κ1) is 24.1. The van der Waals surface area contributed by atoms with E-state index in [4.69, 9.17) is 16.3 Å². The summed E-state index contributed by atoms with van der Waals surface area (Å²) in [6.45, 7) is 0.224. The van der Waals surface area contributed by atoms with Crippen molar-refractivity contribution in [2.45, 2.75) is 30.2 Å². The van der Waals surface area contributed by atoms with Gasteiger partial charge in [0.25, 0.3) is 11.7 Å². The van der Waals surface area contributed by atoms with Gasteiger partial charge in [-0.1, -0.05) is 78.3 Å². The second kappa shape index (κ2) is 8.63. The number of aromatic nitrogens is 4. The van der Waals surface area contributed by atoms with Crippen LogP contribution >= 0.6 is 11.6 Å². The second-order valence-corrected chi connectivity index (χ2v) is 10.9. The molecule has 4 heterocycles. The third kappa shape index (κ3) is 3.21. The molecule has 1 saturated heterocycles. The van der Waals surface area contributed by atoms with Gasteiger partial charge in [0.15, 0.2) is 0 Å². The van der Waals surface area contributed by atoms with E-state index in [9.17, 15) is 14.4 Å². The average Bonchev–Trinajstić information content (AvgIpc) is 3.67. The molecule has 10 heteroatoms. The van der Waals surface area contributed by atoms with Crippen LogP contribution in [-0.4, -0.2) is 53.6 Å². The fourth-order valence-corrected chi connectivity index (χ4v) is 6.90. The highest BCUT2D eigenvalue weighted by atomic mass is 35.5. The molecule has 41 heavy (non-hydrogen) atoms. The minimum atomic E-state index is -1.92. The van der Waals surface area contributed by atoms with Crippen LogP contribution in [0.4, 0.5) is 0 Å². The number of carbonyl (C=O) groups excluding carboxylic acids is 3. The Bertz CT molecular complexity index is 1890. The zero-order valence-corrected chi connectivity index (χ0v) is 22.1. The fourth-order valence-electron chi connectivity index (χ4n) is 6.71. The van der Waals surface area contributed by atoms with Gasteiger partial charge < -0.3 is 9.64 Å². The summed E-state index contributed by atoms with van der Waals surface area (Å²) in [6, 6.07) is 22.6. The molecule has 0 N–H and O–H groups in total. The molecule has 0 saturated carbocycles. The predicted octanol–water partition coefficient (Wildman–Crippen LogP) is 4.48. The van der Waals surface area contributed by atoms with E-state index >= 15 is 0 Å². The highest BCUT2D eigenvalue weighted by Gasteiger charge is 2.70. The molecule has 1 amide bonds. The number of nitrogens with zero attached hydrogens (tertiary/aromatic N) is 5. The standard InChI is InChI=1S/C31H20ClN5O4/c32-19-10-6-9-18(13-19)23-25-26(41-31(23)27(38)20-11-4-5-12-21(20)28(31)39)24-22(14-33-30-34-16-35-37(24)30)29(40)36(25)15-17-7-2-1-3-8-17/h1-14,16,23,25-26H,15H2/t23-,25+,26-/m1/s1. The number of amides is 1. The number of benzene rings is 3. The van der Waals surface area contributed by atoms with E-state index in [-0.39, 0.29) is 23.8 Å². The van der Waals surface area contributed by atoms with Crippen molar-refractivity contribution >= 4 is 34.9 Å². The quantitative estimate of drug-likeness (QED) is 0.299. The molecule has 3 atom stereocenters. The molecule has 2 aliphatic heterocycles. The molecule has 8 rings (SSSR count). The van der Waals surface area contributed by atoms with Crippen molar-refractivity contribution in [3.05, 3.63) is 130 Å². The largest absolute Gasteiger partial charge is 0.346 e. The van der Waals surface area contributed by atoms with Crippen LogP contribution in [0.15, 0.2) is 91.4 Å². The van der Waals surface area contributed by atoms with Crippen molar-refractivity contribution in [2.24, 2.45) is 0 Å². The van der Waals surface area contributed by atoms with Crippen molar-refractivity contribution in [2.75, 3.05) is 0 Å². The van der Waals surface area contributed by atoms with Gasteiger partial charge in [0.2, 0.25) is 17.2 Å². The maximum absolute atomic E-state index is 14.4. The van der Waals surface area contributed by atoms with Crippen LogP contribution in [0.25, 0.3) is 5.78 Å². The second-order valence-electron chi connectivity index (χ2n) is 10.4. The summed E-state index contributed by atoms with van der Waals surface area (Å²) in [5.41, 5.74) is 0.866. The Morgan fingerprint density at radius 3 is 2.32 bits per heavy atom. The number of ether oxygens (including phenoxy) is 1. The van der Waals surface area contributed by atoms with Crippen LogP contribution in [0, 0.1) is 0 Å². The molecule has 200 valence electrons. The highest BCUT2D eigenvalue weighted by molar-refractivity contribution is 6.33. The molecular weight excluding hydrogens is 542 g/mol. The molecule has 3 aromatic carbocycles. The van der Waals surface area contributed by atoms with Crippen molar-refractivity contribution < 1.29 is 19.1 Å². The predicted molar refractivity (Wildman–Crippen MR) is 147 cm³/mol. The Hall–Kier alpha value is -4.73. The van der Waals surface area contributed by atoms with Crippen molar-refractivity contribution in [3.8, 4) is 0 Å². The maximum Gasteiger partial charge on any atom is 0.258 e. The monoisotopic (exact) mass is 561 g/mol. The first-order chi connectivity index (χ1) is 20.0. The summed E-state index contributed by atoms with van der Waals surface area (Å²) in [7, 11) is 0. The van der Waals surface area contributed by atoms with Gasteiger partial charge in [-0.25, -0.2) is 4.98 Å². The number of fused-ring (bicyclic) bond motifs is 6. The number of hydrogen-bond donors (Lipinski definition) is 0. The van der Waals surface area contributed by atoms with E-state index in [0.29, 0.717) is 27.4 Å². The van der Waals surface area contributed by atoms with Crippen LogP contribution in [0.1, 0.15) is 59.9 Å². The van der Waals surface area contributed by atoms with Crippen LogP contribution in [0.5, 0.6) is 0 Å². The van der Waals surface area contributed by atoms with Gasteiger partial charge in [0, 0.05) is 28.9 Å².